The highest BCUT2D eigenvalue weighted by Crippen LogP contribution is 2.27. The molecule has 0 aliphatic carbocycles. The summed E-state index contributed by atoms with van der Waals surface area (Å²) < 4.78 is 19.5. The highest BCUT2D eigenvalue weighted by atomic mass is 79.9. The molecule has 1 atom stereocenters. The molecular formula is C16H21BrFNO2. The van der Waals surface area contributed by atoms with E-state index in [4.69, 9.17) is 4.74 Å². The number of benzene rings is 1. The SMILES string of the molecule is CC(C)(C)OC(=O)[C@@H]1CCCN1Cc1cccc(F)c1Br. The van der Waals surface area contributed by atoms with Gasteiger partial charge in [0.25, 0.3) is 0 Å². The normalized spacial score (nSPS) is 19.8. The Hall–Kier alpha value is -0.940. The summed E-state index contributed by atoms with van der Waals surface area (Å²) in [5.74, 6) is -0.465. The molecule has 1 saturated heterocycles. The third-order valence-corrected chi connectivity index (χ3v) is 4.34. The molecule has 1 fully saturated rings. The lowest BCUT2D eigenvalue weighted by Gasteiger charge is -2.27. The molecule has 0 radical (unpaired) electrons. The molecule has 5 heteroatoms. The van der Waals surface area contributed by atoms with Crippen molar-refractivity contribution in [1.82, 2.24) is 4.90 Å². The molecule has 2 rings (SSSR count). The van der Waals surface area contributed by atoms with E-state index in [0.29, 0.717) is 11.0 Å². The third kappa shape index (κ3) is 4.27. The summed E-state index contributed by atoms with van der Waals surface area (Å²) in [6.45, 7) is 6.98. The summed E-state index contributed by atoms with van der Waals surface area (Å²) in [7, 11) is 0. The van der Waals surface area contributed by atoms with Crippen molar-refractivity contribution in [1.29, 1.82) is 0 Å². The molecule has 1 aromatic rings. The fourth-order valence-corrected chi connectivity index (χ4v) is 2.93. The molecule has 0 spiro atoms. The van der Waals surface area contributed by atoms with Crippen LogP contribution in [0.4, 0.5) is 4.39 Å². The highest BCUT2D eigenvalue weighted by molar-refractivity contribution is 9.10. The van der Waals surface area contributed by atoms with Crippen molar-refractivity contribution < 1.29 is 13.9 Å². The predicted octanol–water partition coefficient (Wildman–Crippen LogP) is 3.89. The minimum absolute atomic E-state index is 0.187. The number of carbonyl (C=O) groups is 1. The second-order valence-corrected chi connectivity index (χ2v) is 7.17. The summed E-state index contributed by atoms with van der Waals surface area (Å²) in [6.07, 6.45) is 1.75. The second kappa shape index (κ2) is 6.44. The lowest BCUT2D eigenvalue weighted by Crippen LogP contribution is -2.40. The number of hydrogen-bond acceptors (Lipinski definition) is 3. The largest absolute Gasteiger partial charge is 0.459 e. The molecule has 0 unspecified atom stereocenters. The van der Waals surface area contributed by atoms with Crippen LogP contribution >= 0.6 is 15.9 Å². The molecule has 0 saturated carbocycles. The van der Waals surface area contributed by atoms with Crippen molar-refractivity contribution in [3.8, 4) is 0 Å². The number of ether oxygens (including phenoxy) is 1. The van der Waals surface area contributed by atoms with Gasteiger partial charge in [0, 0.05) is 6.54 Å². The van der Waals surface area contributed by atoms with E-state index in [1.807, 2.05) is 26.8 Å². The molecule has 1 heterocycles. The first-order valence-corrected chi connectivity index (χ1v) is 7.97. The van der Waals surface area contributed by atoms with Crippen LogP contribution in [0.2, 0.25) is 0 Å². The third-order valence-electron chi connectivity index (χ3n) is 3.45. The van der Waals surface area contributed by atoms with Crippen LogP contribution in [0, 0.1) is 5.82 Å². The summed E-state index contributed by atoms with van der Waals surface area (Å²) in [5.41, 5.74) is 0.371. The molecule has 21 heavy (non-hydrogen) atoms. The van der Waals surface area contributed by atoms with Gasteiger partial charge in [0.05, 0.1) is 4.47 Å². The van der Waals surface area contributed by atoms with Crippen molar-refractivity contribution in [2.24, 2.45) is 0 Å². The quantitative estimate of drug-likeness (QED) is 0.768. The zero-order valence-electron chi connectivity index (χ0n) is 12.7. The Labute approximate surface area is 133 Å². The Morgan fingerprint density at radius 2 is 2.19 bits per heavy atom. The maximum absolute atomic E-state index is 13.6. The molecule has 0 aromatic heterocycles. The molecule has 1 aromatic carbocycles. The Balaban J connectivity index is 2.09. The van der Waals surface area contributed by atoms with Gasteiger partial charge in [-0.1, -0.05) is 12.1 Å². The summed E-state index contributed by atoms with van der Waals surface area (Å²) in [6, 6.07) is 4.74. The van der Waals surface area contributed by atoms with Crippen LogP contribution in [0.3, 0.4) is 0 Å². The van der Waals surface area contributed by atoms with Crippen LogP contribution in [0.1, 0.15) is 39.2 Å². The number of hydrogen-bond donors (Lipinski definition) is 0. The first-order valence-electron chi connectivity index (χ1n) is 7.18. The first kappa shape index (κ1) is 16.4. The van der Waals surface area contributed by atoms with Gasteiger partial charge >= 0.3 is 5.97 Å². The van der Waals surface area contributed by atoms with Crippen molar-refractivity contribution in [3.05, 3.63) is 34.1 Å². The fourth-order valence-electron chi connectivity index (χ4n) is 2.54. The minimum Gasteiger partial charge on any atom is -0.459 e. The minimum atomic E-state index is -0.481. The van der Waals surface area contributed by atoms with E-state index >= 15 is 0 Å². The van der Waals surface area contributed by atoms with Crippen molar-refractivity contribution in [2.45, 2.75) is 51.8 Å². The zero-order valence-corrected chi connectivity index (χ0v) is 14.2. The lowest BCUT2D eigenvalue weighted by atomic mass is 10.1. The number of esters is 1. The van der Waals surface area contributed by atoms with Gasteiger partial charge in [-0.15, -0.1) is 0 Å². The zero-order chi connectivity index (χ0) is 15.6. The molecule has 1 aliphatic rings. The van der Waals surface area contributed by atoms with E-state index in [9.17, 15) is 9.18 Å². The molecule has 116 valence electrons. The van der Waals surface area contributed by atoms with Crippen LogP contribution in [-0.4, -0.2) is 29.1 Å². The van der Waals surface area contributed by atoms with Crippen molar-refractivity contribution in [2.75, 3.05) is 6.54 Å². The maximum atomic E-state index is 13.6. The van der Waals surface area contributed by atoms with Crippen LogP contribution in [0.5, 0.6) is 0 Å². The lowest BCUT2D eigenvalue weighted by molar-refractivity contribution is -0.160. The Kier molecular flexibility index (Phi) is 5.04. The average molecular weight is 358 g/mol. The van der Waals surface area contributed by atoms with Gasteiger partial charge in [0.15, 0.2) is 0 Å². The molecule has 0 bridgehead atoms. The molecule has 1 aliphatic heterocycles. The number of halogens is 2. The molecular weight excluding hydrogens is 337 g/mol. The maximum Gasteiger partial charge on any atom is 0.323 e. The van der Waals surface area contributed by atoms with E-state index in [1.165, 1.54) is 6.07 Å². The van der Waals surface area contributed by atoms with Gasteiger partial charge in [-0.25, -0.2) is 4.39 Å². The average Bonchev–Trinajstić information content (AvgIpc) is 2.81. The van der Waals surface area contributed by atoms with E-state index < -0.39 is 5.60 Å². The fraction of sp³-hybridized carbons (Fsp3) is 0.562. The van der Waals surface area contributed by atoms with Gasteiger partial charge in [-0.2, -0.15) is 0 Å². The van der Waals surface area contributed by atoms with Gasteiger partial charge < -0.3 is 4.74 Å². The first-order chi connectivity index (χ1) is 9.78. The van der Waals surface area contributed by atoms with E-state index in [1.54, 1.807) is 6.07 Å². The Morgan fingerprint density at radius 3 is 2.86 bits per heavy atom. The van der Waals surface area contributed by atoms with Gasteiger partial charge in [0.1, 0.15) is 17.5 Å². The van der Waals surface area contributed by atoms with Crippen molar-refractivity contribution in [3.63, 3.8) is 0 Å². The number of rotatable bonds is 3. The standard InChI is InChI=1S/C16H21BrFNO2/c1-16(2,3)21-15(20)13-8-5-9-19(13)10-11-6-4-7-12(18)14(11)17/h4,6-7,13H,5,8-10H2,1-3H3/t13-/m0/s1. The van der Waals surface area contributed by atoms with Gasteiger partial charge in [-0.05, 0) is 67.7 Å². The Morgan fingerprint density at radius 1 is 1.48 bits per heavy atom. The topological polar surface area (TPSA) is 29.5 Å². The number of nitrogens with zero attached hydrogens (tertiary/aromatic N) is 1. The highest BCUT2D eigenvalue weighted by Gasteiger charge is 2.34. The van der Waals surface area contributed by atoms with Crippen molar-refractivity contribution >= 4 is 21.9 Å². The van der Waals surface area contributed by atoms with Gasteiger partial charge in [-0.3, -0.25) is 9.69 Å². The Bertz CT molecular complexity index is 527. The molecule has 3 nitrogen and oxygen atoms in total. The van der Waals surface area contributed by atoms with Crippen LogP contribution in [-0.2, 0) is 16.1 Å². The van der Waals surface area contributed by atoms with E-state index in [-0.39, 0.29) is 17.8 Å². The summed E-state index contributed by atoms with van der Waals surface area (Å²) >= 11 is 3.28. The van der Waals surface area contributed by atoms with E-state index in [2.05, 4.69) is 20.8 Å². The summed E-state index contributed by atoms with van der Waals surface area (Å²) in [4.78, 5) is 14.3. The van der Waals surface area contributed by atoms with Gasteiger partial charge in [0.2, 0.25) is 0 Å². The summed E-state index contributed by atoms with van der Waals surface area (Å²) in [5, 5.41) is 0. The van der Waals surface area contributed by atoms with E-state index in [0.717, 1.165) is 24.9 Å². The predicted molar refractivity (Wildman–Crippen MR) is 83.4 cm³/mol. The smallest absolute Gasteiger partial charge is 0.323 e. The number of likely N-dealkylation sites (tertiary alicyclic amines) is 1. The molecule has 0 amide bonds. The second-order valence-electron chi connectivity index (χ2n) is 6.37. The molecule has 0 N–H and O–H groups in total. The van der Waals surface area contributed by atoms with Crippen LogP contribution in [0.15, 0.2) is 22.7 Å². The van der Waals surface area contributed by atoms with Crippen LogP contribution < -0.4 is 0 Å². The van der Waals surface area contributed by atoms with Crippen LogP contribution in [0.25, 0.3) is 0 Å². The monoisotopic (exact) mass is 357 g/mol. The number of carbonyl (C=O) groups excluding carboxylic acids is 1.